The fraction of sp³-hybridized carbons (Fsp3) is 0.647. The maximum Gasteiger partial charge on any atom is 0.146 e. The summed E-state index contributed by atoms with van der Waals surface area (Å²) in [6, 6.07) is 6.06. The maximum atomic E-state index is 14.3. The van der Waals surface area contributed by atoms with Crippen LogP contribution < -0.4 is 10.2 Å². The highest BCUT2D eigenvalue weighted by Crippen LogP contribution is 2.33. The summed E-state index contributed by atoms with van der Waals surface area (Å²) in [5.41, 5.74) is 2.17. The summed E-state index contributed by atoms with van der Waals surface area (Å²) in [5.74, 6) is -0.0900. The summed E-state index contributed by atoms with van der Waals surface area (Å²) in [7, 11) is 0. The SMILES string of the molecule is CC(C)NCc1ccc(N2CCC(C)(C)CC2)c(F)c1. The second kappa shape index (κ2) is 6.13. The first-order valence-electron chi connectivity index (χ1n) is 7.64. The van der Waals surface area contributed by atoms with E-state index < -0.39 is 0 Å². The van der Waals surface area contributed by atoms with Crippen molar-refractivity contribution in [1.82, 2.24) is 5.32 Å². The van der Waals surface area contributed by atoms with E-state index in [1.54, 1.807) is 6.07 Å². The van der Waals surface area contributed by atoms with E-state index in [0.29, 0.717) is 11.5 Å². The lowest BCUT2D eigenvalue weighted by Gasteiger charge is -2.38. The topological polar surface area (TPSA) is 15.3 Å². The van der Waals surface area contributed by atoms with E-state index in [2.05, 4.69) is 37.9 Å². The molecule has 1 aromatic carbocycles. The molecular formula is C17H27FN2. The van der Waals surface area contributed by atoms with Crippen LogP contribution in [-0.2, 0) is 6.54 Å². The molecule has 1 aliphatic rings. The Balaban J connectivity index is 2.03. The molecule has 2 nitrogen and oxygen atoms in total. The Hall–Kier alpha value is -1.09. The standard InChI is InChI=1S/C17H27FN2/c1-13(2)19-12-14-5-6-16(15(18)11-14)20-9-7-17(3,4)8-10-20/h5-6,11,13,19H,7-10,12H2,1-4H3. The van der Waals surface area contributed by atoms with Gasteiger partial charge in [0.2, 0.25) is 0 Å². The van der Waals surface area contributed by atoms with Crippen LogP contribution in [0.15, 0.2) is 18.2 Å². The third kappa shape index (κ3) is 3.95. The molecular weight excluding hydrogens is 251 g/mol. The van der Waals surface area contributed by atoms with Crippen LogP contribution in [0, 0.1) is 11.2 Å². The molecule has 0 unspecified atom stereocenters. The van der Waals surface area contributed by atoms with Gasteiger partial charge in [0.1, 0.15) is 5.82 Å². The molecule has 0 atom stereocenters. The third-order valence-corrected chi connectivity index (χ3v) is 4.18. The van der Waals surface area contributed by atoms with Gasteiger partial charge in [0, 0.05) is 25.7 Å². The van der Waals surface area contributed by atoms with Gasteiger partial charge in [-0.1, -0.05) is 33.8 Å². The highest BCUT2D eigenvalue weighted by atomic mass is 19.1. The van der Waals surface area contributed by atoms with Crippen LogP contribution >= 0.6 is 0 Å². The third-order valence-electron chi connectivity index (χ3n) is 4.18. The number of piperidine rings is 1. The molecule has 112 valence electrons. The summed E-state index contributed by atoms with van der Waals surface area (Å²) in [6.45, 7) is 11.4. The van der Waals surface area contributed by atoms with Crippen molar-refractivity contribution in [3.63, 3.8) is 0 Å². The van der Waals surface area contributed by atoms with Crippen molar-refractivity contribution in [3.05, 3.63) is 29.6 Å². The molecule has 1 N–H and O–H groups in total. The first kappa shape index (κ1) is 15.3. The van der Waals surface area contributed by atoms with Crippen molar-refractivity contribution in [2.45, 2.75) is 53.1 Å². The minimum Gasteiger partial charge on any atom is -0.369 e. The molecule has 1 aromatic rings. The van der Waals surface area contributed by atoms with E-state index in [-0.39, 0.29) is 5.82 Å². The molecule has 3 heteroatoms. The monoisotopic (exact) mass is 278 g/mol. The molecule has 0 aromatic heterocycles. The predicted octanol–water partition coefficient (Wildman–Crippen LogP) is 3.95. The minimum atomic E-state index is -0.0900. The van der Waals surface area contributed by atoms with Crippen molar-refractivity contribution in [2.75, 3.05) is 18.0 Å². The van der Waals surface area contributed by atoms with Crippen LogP contribution in [0.2, 0.25) is 0 Å². The number of halogens is 1. The van der Waals surface area contributed by atoms with Gasteiger partial charge < -0.3 is 10.2 Å². The van der Waals surface area contributed by atoms with Gasteiger partial charge in [0.05, 0.1) is 5.69 Å². The van der Waals surface area contributed by atoms with Crippen molar-refractivity contribution in [2.24, 2.45) is 5.41 Å². The number of hydrogen-bond acceptors (Lipinski definition) is 2. The summed E-state index contributed by atoms with van der Waals surface area (Å²) >= 11 is 0. The van der Waals surface area contributed by atoms with E-state index in [1.807, 2.05) is 12.1 Å². The van der Waals surface area contributed by atoms with Crippen LogP contribution in [0.1, 0.15) is 46.1 Å². The quantitative estimate of drug-likeness (QED) is 0.897. The van der Waals surface area contributed by atoms with Gasteiger partial charge in [-0.15, -0.1) is 0 Å². The smallest absolute Gasteiger partial charge is 0.146 e. The fourth-order valence-electron chi connectivity index (χ4n) is 2.59. The van der Waals surface area contributed by atoms with Gasteiger partial charge in [-0.25, -0.2) is 4.39 Å². The highest BCUT2D eigenvalue weighted by Gasteiger charge is 2.26. The van der Waals surface area contributed by atoms with Gasteiger partial charge in [-0.3, -0.25) is 0 Å². The fourth-order valence-corrected chi connectivity index (χ4v) is 2.59. The van der Waals surface area contributed by atoms with Crippen LogP contribution in [-0.4, -0.2) is 19.1 Å². The summed E-state index contributed by atoms with van der Waals surface area (Å²) in [6.07, 6.45) is 2.26. The molecule has 0 aliphatic carbocycles. The lowest BCUT2D eigenvalue weighted by atomic mass is 9.82. The van der Waals surface area contributed by atoms with Crippen LogP contribution in [0.3, 0.4) is 0 Å². The zero-order chi connectivity index (χ0) is 14.8. The van der Waals surface area contributed by atoms with Crippen molar-refractivity contribution >= 4 is 5.69 Å². The second-order valence-corrected chi connectivity index (χ2v) is 6.97. The molecule has 1 fully saturated rings. The Bertz CT molecular complexity index is 444. The number of nitrogens with one attached hydrogen (secondary N) is 1. The van der Waals surface area contributed by atoms with Crippen LogP contribution in [0.4, 0.5) is 10.1 Å². The Kier molecular flexibility index (Phi) is 4.69. The number of nitrogens with zero attached hydrogens (tertiary/aromatic N) is 1. The van der Waals surface area contributed by atoms with Crippen molar-refractivity contribution < 1.29 is 4.39 Å². The maximum absolute atomic E-state index is 14.3. The number of anilines is 1. The van der Waals surface area contributed by atoms with Gasteiger partial charge in [0.25, 0.3) is 0 Å². The molecule has 0 radical (unpaired) electrons. The van der Waals surface area contributed by atoms with E-state index in [0.717, 1.165) is 43.7 Å². The molecule has 0 saturated carbocycles. The zero-order valence-corrected chi connectivity index (χ0v) is 13.2. The van der Waals surface area contributed by atoms with Crippen LogP contribution in [0.5, 0.6) is 0 Å². The number of hydrogen-bond donors (Lipinski definition) is 1. The molecule has 0 bridgehead atoms. The lowest BCUT2D eigenvalue weighted by molar-refractivity contribution is 0.279. The summed E-state index contributed by atoms with van der Waals surface area (Å²) in [5, 5.41) is 3.32. The molecule has 1 heterocycles. The first-order valence-corrected chi connectivity index (χ1v) is 7.64. The van der Waals surface area contributed by atoms with E-state index in [1.165, 1.54) is 0 Å². The van der Waals surface area contributed by atoms with E-state index in [9.17, 15) is 4.39 Å². The highest BCUT2D eigenvalue weighted by molar-refractivity contribution is 5.49. The second-order valence-electron chi connectivity index (χ2n) is 6.97. The summed E-state index contributed by atoms with van der Waals surface area (Å²) in [4.78, 5) is 2.18. The molecule has 20 heavy (non-hydrogen) atoms. The number of benzene rings is 1. The predicted molar refractivity (Wildman–Crippen MR) is 83.6 cm³/mol. The Labute approximate surface area is 122 Å². The molecule has 0 spiro atoms. The van der Waals surface area contributed by atoms with Gasteiger partial charge in [-0.2, -0.15) is 0 Å². The van der Waals surface area contributed by atoms with Crippen molar-refractivity contribution in [3.8, 4) is 0 Å². The van der Waals surface area contributed by atoms with Gasteiger partial charge >= 0.3 is 0 Å². The van der Waals surface area contributed by atoms with Gasteiger partial charge in [-0.05, 0) is 36.0 Å². The normalized spacial score (nSPS) is 18.6. The zero-order valence-electron chi connectivity index (χ0n) is 13.2. The Morgan fingerprint density at radius 1 is 1.25 bits per heavy atom. The van der Waals surface area contributed by atoms with E-state index in [4.69, 9.17) is 0 Å². The molecule has 2 rings (SSSR count). The largest absolute Gasteiger partial charge is 0.369 e. The number of rotatable bonds is 4. The molecule has 1 aliphatic heterocycles. The van der Waals surface area contributed by atoms with Gasteiger partial charge in [0.15, 0.2) is 0 Å². The van der Waals surface area contributed by atoms with Crippen LogP contribution in [0.25, 0.3) is 0 Å². The average Bonchev–Trinajstić information content (AvgIpc) is 2.37. The first-order chi connectivity index (χ1) is 9.37. The lowest BCUT2D eigenvalue weighted by Crippen LogP contribution is -2.37. The Morgan fingerprint density at radius 2 is 1.90 bits per heavy atom. The summed E-state index contributed by atoms with van der Waals surface area (Å²) < 4.78 is 14.3. The molecule has 0 amide bonds. The molecule has 1 saturated heterocycles. The average molecular weight is 278 g/mol. The minimum absolute atomic E-state index is 0.0900. The van der Waals surface area contributed by atoms with Crippen molar-refractivity contribution in [1.29, 1.82) is 0 Å². The van der Waals surface area contributed by atoms with E-state index >= 15 is 0 Å². The Morgan fingerprint density at radius 3 is 2.45 bits per heavy atom.